The first-order valence-corrected chi connectivity index (χ1v) is 7.27. The molecule has 2 heterocycles. The molecule has 0 unspecified atom stereocenters. The predicted octanol–water partition coefficient (Wildman–Crippen LogP) is 2.63. The van der Waals surface area contributed by atoms with Gasteiger partial charge in [0, 0.05) is 12.8 Å². The molecule has 0 amide bonds. The van der Waals surface area contributed by atoms with Crippen LogP contribution in [-0.2, 0) is 19.0 Å². The molecule has 0 radical (unpaired) electrons. The molecule has 4 nitrogen and oxygen atoms in total. The van der Waals surface area contributed by atoms with Crippen LogP contribution in [0, 0.1) is 0 Å². The molecular weight excluding hydrogens is 256 g/mol. The molecule has 0 N–H and O–H groups in total. The zero-order valence-electron chi connectivity index (χ0n) is 11.7. The van der Waals surface area contributed by atoms with Crippen molar-refractivity contribution in [3.8, 4) is 0 Å². The highest BCUT2D eigenvalue weighted by Crippen LogP contribution is 2.41. The molecule has 2 saturated heterocycles. The van der Waals surface area contributed by atoms with Crippen LogP contribution in [0.4, 0.5) is 0 Å². The summed E-state index contributed by atoms with van der Waals surface area (Å²) in [4.78, 5) is 11.5. The molecule has 4 atom stereocenters. The molecule has 2 fully saturated rings. The van der Waals surface area contributed by atoms with Crippen molar-refractivity contribution < 1.29 is 19.0 Å². The van der Waals surface area contributed by atoms with Crippen molar-refractivity contribution in [2.75, 3.05) is 6.61 Å². The number of ether oxygens (including phenoxy) is 3. The lowest BCUT2D eigenvalue weighted by Gasteiger charge is -2.15. The van der Waals surface area contributed by atoms with Gasteiger partial charge in [0.05, 0.1) is 37.4 Å². The molecule has 2 aliphatic heterocycles. The number of fused-ring (bicyclic) bond motifs is 1. The van der Waals surface area contributed by atoms with E-state index in [1.165, 1.54) is 5.56 Å². The second-order valence-corrected chi connectivity index (χ2v) is 5.35. The second-order valence-electron chi connectivity index (χ2n) is 5.35. The van der Waals surface area contributed by atoms with E-state index in [0.717, 1.165) is 12.8 Å². The van der Waals surface area contributed by atoms with Gasteiger partial charge >= 0.3 is 5.97 Å². The molecule has 0 bridgehead atoms. The highest BCUT2D eigenvalue weighted by atomic mass is 16.6. The monoisotopic (exact) mass is 276 g/mol. The van der Waals surface area contributed by atoms with Crippen molar-refractivity contribution in [2.24, 2.45) is 0 Å². The Labute approximate surface area is 119 Å². The minimum atomic E-state index is -0.183. The lowest BCUT2D eigenvalue weighted by Crippen LogP contribution is -2.17. The summed E-state index contributed by atoms with van der Waals surface area (Å²) in [7, 11) is 0. The van der Waals surface area contributed by atoms with Gasteiger partial charge < -0.3 is 14.2 Å². The lowest BCUT2D eigenvalue weighted by atomic mass is 10.0. The van der Waals surface area contributed by atoms with Gasteiger partial charge in [-0.3, -0.25) is 4.79 Å². The molecule has 0 aromatic heterocycles. The summed E-state index contributed by atoms with van der Waals surface area (Å²) in [6.07, 6.45) is 2.27. The first kappa shape index (κ1) is 13.6. The van der Waals surface area contributed by atoms with Gasteiger partial charge in [0.2, 0.25) is 0 Å². The van der Waals surface area contributed by atoms with Crippen molar-refractivity contribution in [2.45, 2.75) is 50.6 Å². The Morgan fingerprint density at radius 2 is 1.95 bits per heavy atom. The molecule has 1 aromatic rings. The molecule has 1 aromatic carbocycles. The Morgan fingerprint density at radius 1 is 1.20 bits per heavy atom. The number of benzene rings is 1. The number of carbonyl (C=O) groups excluding carboxylic acids is 1. The van der Waals surface area contributed by atoms with Crippen LogP contribution in [0.5, 0.6) is 0 Å². The second kappa shape index (κ2) is 5.94. The summed E-state index contributed by atoms with van der Waals surface area (Å²) in [5.74, 6) is -0.183. The molecule has 0 saturated carbocycles. The summed E-state index contributed by atoms with van der Waals surface area (Å²) in [5.41, 5.74) is 1.20. The molecule has 0 spiro atoms. The van der Waals surface area contributed by atoms with Crippen LogP contribution in [-0.4, -0.2) is 30.9 Å². The minimum absolute atomic E-state index is 0.0548. The molecule has 4 heteroatoms. The highest BCUT2D eigenvalue weighted by molar-refractivity contribution is 5.70. The van der Waals surface area contributed by atoms with E-state index in [1.807, 2.05) is 25.1 Å². The first-order chi connectivity index (χ1) is 9.76. The summed E-state index contributed by atoms with van der Waals surface area (Å²) < 4.78 is 17.0. The maximum Gasteiger partial charge on any atom is 0.308 e. The normalized spacial score (nSPS) is 32.0. The van der Waals surface area contributed by atoms with Crippen molar-refractivity contribution in [1.29, 1.82) is 0 Å². The van der Waals surface area contributed by atoms with E-state index >= 15 is 0 Å². The molecule has 20 heavy (non-hydrogen) atoms. The van der Waals surface area contributed by atoms with Crippen LogP contribution >= 0.6 is 0 Å². The quantitative estimate of drug-likeness (QED) is 0.793. The third kappa shape index (κ3) is 2.86. The number of hydrogen-bond acceptors (Lipinski definition) is 4. The molecule has 3 rings (SSSR count). The summed E-state index contributed by atoms with van der Waals surface area (Å²) in [5, 5.41) is 0. The molecule has 0 aliphatic carbocycles. The zero-order chi connectivity index (χ0) is 13.9. The van der Waals surface area contributed by atoms with Gasteiger partial charge in [0.1, 0.15) is 0 Å². The van der Waals surface area contributed by atoms with Crippen molar-refractivity contribution in [3.63, 3.8) is 0 Å². The van der Waals surface area contributed by atoms with E-state index in [4.69, 9.17) is 14.2 Å². The lowest BCUT2D eigenvalue weighted by molar-refractivity contribution is -0.146. The Kier molecular flexibility index (Phi) is 4.03. The Morgan fingerprint density at radius 3 is 2.65 bits per heavy atom. The Bertz CT molecular complexity index is 445. The minimum Gasteiger partial charge on any atom is -0.466 e. The fourth-order valence-electron chi connectivity index (χ4n) is 3.05. The van der Waals surface area contributed by atoms with Crippen molar-refractivity contribution >= 4 is 5.97 Å². The van der Waals surface area contributed by atoms with Crippen LogP contribution < -0.4 is 0 Å². The average Bonchev–Trinajstić information content (AvgIpc) is 2.98. The van der Waals surface area contributed by atoms with Gasteiger partial charge in [0.15, 0.2) is 0 Å². The molecular formula is C16H20O4. The van der Waals surface area contributed by atoms with Gasteiger partial charge in [-0.15, -0.1) is 0 Å². The standard InChI is InChI=1S/C16H20O4/c1-2-18-16(17)9-12-8-14-15(19-12)10-13(20-14)11-6-4-3-5-7-11/h3-7,12-15H,2,8-10H2,1H3/t12-,13-,14+,15+/m1/s1. The number of esters is 1. The van der Waals surface area contributed by atoms with Crippen molar-refractivity contribution in [1.82, 2.24) is 0 Å². The third-order valence-corrected chi connectivity index (χ3v) is 3.93. The van der Waals surface area contributed by atoms with E-state index in [-0.39, 0.29) is 30.4 Å². The molecule has 108 valence electrons. The smallest absolute Gasteiger partial charge is 0.308 e. The van der Waals surface area contributed by atoms with E-state index in [0.29, 0.717) is 13.0 Å². The average molecular weight is 276 g/mol. The van der Waals surface area contributed by atoms with E-state index in [9.17, 15) is 4.79 Å². The third-order valence-electron chi connectivity index (χ3n) is 3.93. The van der Waals surface area contributed by atoms with Crippen molar-refractivity contribution in [3.05, 3.63) is 35.9 Å². The first-order valence-electron chi connectivity index (χ1n) is 7.27. The highest BCUT2D eigenvalue weighted by Gasteiger charge is 2.44. The largest absolute Gasteiger partial charge is 0.466 e. The fourth-order valence-corrected chi connectivity index (χ4v) is 3.05. The van der Waals surface area contributed by atoms with Crippen LogP contribution in [0.25, 0.3) is 0 Å². The van der Waals surface area contributed by atoms with E-state index < -0.39 is 0 Å². The van der Waals surface area contributed by atoms with Crippen LogP contribution in [0.1, 0.15) is 37.9 Å². The SMILES string of the molecule is CCOC(=O)C[C@H]1C[C@@H]2O[C@@H](c3ccccc3)C[C@@H]2O1. The van der Waals surface area contributed by atoms with Crippen LogP contribution in [0.15, 0.2) is 30.3 Å². The molecule has 2 aliphatic rings. The van der Waals surface area contributed by atoms with Crippen LogP contribution in [0.3, 0.4) is 0 Å². The maximum absolute atomic E-state index is 11.5. The zero-order valence-corrected chi connectivity index (χ0v) is 11.7. The number of carbonyl (C=O) groups is 1. The Hall–Kier alpha value is -1.39. The van der Waals surface area contributed by atoms with E-state index in [2.05, 4.69) is 12.1 Å². The van der Waals surface area contributed by atoms with Gasteiger partial charge in [-0.05, 0) is 12.5 Å². The number of rotatable bonds is 4. The summed E-state index contributed by atoms with van der Waals surface area (Å²) in [6.45, 7) is 2.24. The fraction of sp³-hybridized carbons (Fsp3) is 0.562. The Balaban J connectivity index is 1.53. The van der Waals surface area contributed by atoms with Gasteiger partial charge in [0.25, 0.3) is 0 Å². The van der Waals surface area contributed by atoms with Crippen LogP contribution in [0.2, 0.25) is 0 Å². The maximum atomic E-state index is 11.5. The van der Waals surface area contributed by atoms with Gasteiger partial charge in [-0.2, -0.15) is 0 Å². The van der Waals surface area contributed by atoms with E-state index in [1.54, 1.807) is 0 Å². The van der Waals surface area contributed by atoms with Gasteiger partial charge in [-0.1, -0.05) is 30.3 Å². The summed E-state index contributed by atoms with van der Waals surface area (Å²) in [6, 6.07) is 10.2. The predicted molar refractivity (Wildman–Crippen MR) is 73.2 cm³/mol. The topological polar surface area (TPSA) is 44.8 Å². The number of hydrogen-bond donors (Lipinski definition) is 0. The summed E-state index contributed by atoms with van der Waals surface area (Å²) >= 11 is 0. The van der Waals surface area contributed by atoms with Gasteiger partial charge in [-0.25, -0.2) is 0 Å².